The van der Waals surface area contributed by atoms with Crippen LogP contribution in [0.1, 0.15) is 23.6 Å². The second kappa shape index (κ2) is 7.44. The first-order chi connectivity index (χ1) is 12.5. The van der Waals surface area contributed by atoms with Crippen LogP contribution < -0.4 is 10.9 Å². The maximum atomic E-state index is 12.8. The molecule has 1 heterocycles. The summed E-state index contributed by atoms with van der Waals surface area (Å²) in [6, 6.07) is 14.9. The number of amides is 2. The van der Waals surface area contributed by atoms with E-state index in [1.165, 1.54) is 0 Å². The van der Waals surface area contributed by atoms with Crippen molar-refractivity contribution in [2.45, 2.75) is 27.3 Å². The monoisotopic (exact) mass is 349 g/mol. The van der Waals surface area contributed by atoms with Gasteiger partial charge in [-0.25, -0.2) is 4.79 Å². The number of anilines is 1. The van der Waals surface area contributed by atoms with E-state index in [-0.39, 0.29) is 11.6 Å². The standard InChI is InChI=1S/C21H23N3O2/c1-4-24(21(26)23-18-11-7-8-14(2)15(18)3)13-16-12-20(25)22-19-10-6-5-9-17(16)19/h5-12H,4,13H2,1-3H3,(H,22,25)(H,23,26). The van der Waals surface area contributed by atoms with Crippen LogP contribution in [0.3, 0.4) is 0 Å². The molecule has 0 atom stereocenters. The van der Waals surface area contributed by atoms with Crippen LogP contribution in [-0.2, 0) is 6.54 Å². The second-order valence-electron chi connectivity index (χ2n) is 6.40. The van der Waals surface area contributed by atoms with Gasteiger partial charge in [-0.3, -0.25) is 4.79 Å². The van der Waals surface area contributed by atoms with E-state index in [1.54, 1.807) is 11.0 Å². The van der Waals surface area contributed by atoms with Crippen molar-refractivity contribution in [2.24, 2.45) is 0 Å². The number of aromatic amines is 1. The largest absolute Gasteiger partial charge is 0.322 e. The summed E-state index contributed by atoms with van der Waals surface area (Å²) in [6.45, 7) is 6.85. The van der Waals surface area contributed by atoms with Gasteiger partial charge in [0.25, 0.3) is 0 Å². The molecular formula is C21H23N3O2. The summed E-state index contributed by atoms with van der Waals surface area (Å²) in [6.07, 6.45) is 0. The van der Waals surface area contributed by atoms with Crippen molar-refractivity contribution in [3.8, 4) is 0 Å². The lowest BCUT2D eigenvalue weighted by Crippen LogP contribution is -2.34. The third-order valence-electron chi connectivity index (χ3n) is 4.71. The van der Waals surface area contributed by atoms with E-state index in [4.69, 9.17) is 0 Å². The molecule has 0 spiro atoms. The van der Waals surface area contributed by atoms with Gasteiger partial charge >= 0.3 is 6.03 Å². The van der Waals surface area contributed by atoms with Gasteiger partial charge in [-0.15, -0.1) is 0 Å². The summed E-state index contributed by atoms with van der Waals surface area (Å²) >= 11 is 0. The highest BCUT2D eigenvalue weighted by molar-refractivity contribution is 5.91. The number of carbonyl (C=O) groups is 1. The molecule has 0 aliphatic rings. The number of benzene rings is 2. The van der Waals surface area contributed by atoms with E-state index >= 15 is 0 Å². The quantitative estimate of drug-likeness (QED) is 0.741. The molecule has 0 aliphatic heterocycles. The van der Waals surface area contributed by atoms with Gasteiger partial charge in [-0.2, -0.15) is 0 Å². The van der Waals surface area contributed by atoms with Gasteiger partial charge in [-0.1, -0.05) is 30.3 Å². The fourth-order valence-corrected chi connectivity index (χ4v) is 3.02. The average Bonchev–Trinajstić information content (AvgIpc) is 2.63. The number of aryl methyl sites for hydroxylation is 1. The fraction of sp³-hybridized carbons (Fsp3) is 0.238. The molecule has 2 N–H and O–H groups in total. The van der Waals surface area contributed by atoms with Gasteiger partial charge < -0.3 is 15.2 Å². The Morgan fingerprint density at radius 2 is 1.88 bits per heavy atom. The molecule has 0 saturated heterocycles. The SMILES string of the molecule is CCN(Cc1cc(=O)[nH]c2ccccc12)C(=O)Nc1cccc(C)c1C. The van der Waals surface area contributed by atoms with Crippen LogP contribution in [0.2, 0.25) is 0 Å². The molecule has 26 heavy (non-hydrogen) atoms. The number of fused-ring (bicyclic) bond motifs is 1. The van der Waals surface area contributed by atoms with E-state index < -0.39 is 0 Å². The summed E-state index contributed by atoms with van der Waals surface area (Å²) in [4.78, 5) is 29.2. The van der Waals surface area contributed by atoms with Crippen molar-refractivity contribution in [1.29, 1.82) is 0 Å². The predicted molar refractivity (Wildman–Crippen MR) is 106 cm³/mol. The highest BCUT2D eigenvalue weighted by Crippen LogP contribution is 2.20. The Balaban J connectivity index is 1.87. The van der Waals surface area contributed by atoms with Crippen LogP contribution in [0.15, 0.2) is 53.3 Å². The zero-order valence-corrected chi connectivity index (χ0v) is 15.3. The van der Waals surface area contributed by atoms with Gasteiger partial charge in [-0.05, 0) is 49.6 Å². The Hall–Kier alpha value is -3.08. The predicted octanol–water partition coefficient (Wildman–Crippen LogP) is 4.20. The highest BCUT2D eigenvalue weighted by Gasteiger charge is 2.15. The summed E-state index contributed by atoms with van der Waals surface area (Å²) in [5.41, 5.74) is 4.45. The highest BCUT2D eigenvalue weighted by atomic mass is 16.2. The minimum Gasteiger partial charge on any atom is -0.322 e. The lowest BCUT2D eigenvalue weighted by Gasteiger charge is -2.23. The number of hydrogen-bond acceptors (Lipinski definition) is 2. The van der Waals surface area contributed by atoms with Crippen LogP contribution in [0.25, 0.3) is 10.9 Å². The van der Waals surface area contributed by atoms with Crippen LogP contribution >= 0.6 is 0 Å². The molecule has 134 valence electrons. The molecule has 3 rings (SSSR count). The zero-order valence-electron chi connectivity index (χ0n) is 15.3. The molecule has 5 heteroatoms. The first kappa shape index (κ1) is 17.7. The number of H-pyrrole nitrogens is 1. The lowest BCUT2D eigenvalue weighted by molar-refractivity contribution is 0.212. The Morgan fingerprint density at radius 3 is 2.65 bits per heavy atom. The molecule has 3 aromatic rings. The van der Waals surface area contributed by atoms with Crippen LogP contribution in [-0.4, -0.2) is 22.5 Å². The van der Waals surface area contributed by atoms with Gasteiger partial charge in [0, 0.05) is 35.7 Å². The van der Waals surface area contributed by atoms with E-state index in [0.717, 1.165) is 33.3 Å². The third kappa shape index (κ3) is 3.61. The lowest BCUT2D eigenvalue weighted by atomic mass is 10.1. The van der Waals surface area contributed by atoms with Crippen LogP contribution in [0, 0.1) is 13.8 Å². The number of nitrogens with zero attached hydrogens (tertiary/aromatic N) is 1. The molecule has 2 aromatic carbocycles. The average molecular weight is 349 g/mol. The molecule has 2 amide bonds. The van der Waals surface area contributed by atoms with Crippen LogP contribution in [0.5, 0.6) is 0 Å². The molecule has 0 fully saturated rings. The van der Waals surface area contributed by atoms with Gasteiger partial charge in [0.05, 0.1) is 0 Å². The molecule has 0 bridgehead atoms. The van der Waals surface area contributed by atoms with Gasteiger partial charge in [0.15, 0.2) is 0 Å². The van der Waals surface area contributed by atoms with E-state index in [2.05, 4.69) is 10.3 Å². The molecule has 5 nitrogen and oxygen atoms in total. The van der Waals surface area contributed by atoms with E-state index in [0.29, 0.717) is 13.1 Å². The summed E-state index contributed by atoms with van der Waals surface area (Å²) in [5.74, 6) is 0. The van der Waals surface area contributed by atoms with Crippen molar-refractivity contribution in [1.82, 2.24) is 9.88 Å². The van der Waals surface area contributed by atoms with Crippen molar-refractivity contribution in [2.75, 3.05) is 11.9 Å². The number of pyridine rings is 1. The van der Waals surface area contributed by atoms with Gasteiger partial charge in [0.2, 0.25) is 5.56 Å². The van der Waals surface area contributed by atoms with Gasteiger partial charge in [0.1, 0.15) is 0 Å². The molecule has 0 saturated carbocycles. The maximum absolute atomic E-state index is 12.8. The van der Waals surface area contributed by atoms with E-state index in [9.17, 15) is 9.59 Å². The smallest absolute Gasteiger partial charge is 0.322 e. The third-order valence-corrected chi connectivity index (χ3v) is 4.71. The first-order valence-corrected chi connectivity index (χ1v) is 8.72. The Labute approximate surface area is 152 Å². The molecule has 0 radical (unpaired) electrons. The first-order valence-electron chi connectivity index (χ1n) is 8.72. The van der Waals surface area contributed by atoms with Crippen molar-refractivity contribution in [3.63, 3.8) is 0 Å². The van der Waals surface area contributed by atoms with E-state index in [1.807, 2.05) is 63.2 Å². The molecule has 0 unspecified atom stereocenters. The summed E-state index contributed by atoms with van der Waals surface area (Å²) in [7, 11) is 0. The molecular weight excluding hydrogens is 326 g/mol. The minimum atomic E-state index is -0.175. The zero-order chi connectivity index (χ0) is 18.7. The topological polar surface area (TPSA) is 65.2 Å². The Kier molecular flexibility index (Phi) is 5.07. The minimum absolute atomic E-state index is 0.162. The van der Waals surface area contributed by atoms with Crippen molar-refractivity contribution < 1.29 is 4.79 Å². The number of carbonyl (C=O) groups excluding carboxylic acids is 1. The molecule has 0 aliphatic carbocycles. The number of aromatic nitrogens is 1. The van der Waals surface area contributed by atoms with Crippen LogP contribution in [0.4, 0.5) is 10.5 Å². The van der Waals surface area contributed by atoms with Crippen molar-refractivity contribution in [3.05, 3.63) is 75.6 Å². The Morgan fingerprint density at radius 1 is 1.12 bits per heavy atom. The van der Waals surface area contributed by atoms with Crippen molar-refractivity contribution >= 4 is 22.6 Å². The number of urea groups is 1. The maximum Gasteiger partial charge on any atom is 0.322 e. The Bertz CT molecular complexity index is 1010. The second-order valence-corrected chi connectivity index (χ2v) is 6.40. The molecule has 1 aromatic heterocycles. The number of nitrogens with one attached hydrogen (secondary N) is 2. The normalized spacial score (nSPS) is 10.7. The number of rotatable bonds is 4. The number of hydrogen-bond donors (Lipinski definition) is 2. The number of para-hydroxylation sites is 1. The summed E-state index contributed by atoms with van der Waals surface area (Å²) < 4.78 is 0. The summed E-state index contributed by atoms with van der Waals surface area (Å²) in [5, 5.41) is 3.94. The fourth-order valence-electron chi connectivity index (χ4n) is 3.02.